The zero-order chi connectivity index (χ0) is 13.0. The zero-order valence-electron chi connectivity index (χ0n) is 10.4. The first-order valence-corrected chi connectivity index (χ1v) is 6.74. The van der Waals surface area contributed by atoms with Crippen molar-refractivity contribution in [2.24, 2.45) is 0 Å². The summed E-state index contributed by atoms with van der Waals surface area (Å²) in [5.74, 6) is 0.776. The van der Waals surface area contributed by atoms with Gasteiger partial charge in [0.15, 0.2) is 0 Å². The van der Waals surface area contributed by atoms with Crippen molar-refractivity contribution in [3.63, 3.8) is 0 Å². The highest BCUT2D eigenvalue weighted by Gasteiger charge is 2.13. The molecule has 1 heterocycles. The Bertz CT molecular complexity index is 531. The second-order valence-corrected chi connectivity index (χ2v) is 5.18. The minimum absolute atomic E-state index is 0.127. The Morgan fingerprint density at radius 2 is 2.06 bits per heavy atom. The van der Waals surface area contributed by atoms with E-state index in [2.05, 4.69) is 57.2 Å². The van der Waals surface area contributed by atoms with Gasteiger partial charge in [-0.1, -0.05) is 12.1 Å². The smallest absolute Gasteiger partial charge is 0.137 e. The van der Waals surface area contributed by atoms with E-state index in [1.165, 1.54) is 9.13 Å². The third-order valence-electron chi connectivity index (χ3n) is 2.77. The van der Waals surface area contributed by atoms with E-state index in [4.69, 9.17) is 4.74 Å². The topological polar surface area (TPSA) is 34.2 Å². The first kappa shape index (κ1) is 13.3. The van der Waals surface area contributed by atoms with Gasteiger partial charge < -0.3 is 10.1 Å². The van der Waals surface area contributed by atoms with Gasteiger partial charge in [-0.05, 0) is 59.0 Å². The van der Waals surface area contributed by atoms with Gasteiger partial charge in [-0.15, -0.1) is 0 Å². The molecule has 1 N–H and O–H groups in total. The monoisotopic (exact) mass is 354 g/mol. The number of hydrogen-bond acceptors (Lipinski definition) is 3. The summed E-state index contributed by atoms with van der Waals surface area (Å²) in [6, 6.07) is 10.6. The van der Waals surface area contributed by atoms with Crippen molar-refractivity contribution >= 4 is 22.6 Å². The molecule has 0 aliphatic rings. The zero-order valence-corrected chi connectivity index (χ0v) is 12.5. The van der Waals surface area contributed by atoms with Crippen LogP contribution >= 0.6 is 22.6 Å². The van der Waals surface area contributed by atoms with E-state index in [1.807, 2.05) is 19.3 Å². The van der Waals surface area contributed by atoms with Gasteiger partial charge >= 0.3 is 0 Å². The van der Waals surface area contributed by atoms with E-state index in [-0.39, 0.29) is 6.04 Å². The van der Waals surface area contributed by atoms with Crippen LogP contribution in [0.1, 0.15) is 17.2 Å². The standard InChI is InChI=1S/C14H15IN2O/c1-16-14(10-4-3-5-12(15)6-10)11-7-13(18-2)9-17-8-11/h3-9,14,16H,1-2H3. The molecule has 1 unspecified atom stereocenters. The molecule has 0 radical (unpaired) electrons. The number of benzene rings is 1. The molecule has 0 amide bonds. The number of ether oxygens (including phenoxy) is 1. The molecule has 0 saturated heterocycles. The maximum absolute atomic E-state index is 5.22. The Labute approximate surface area is 121 Å². The average Bonchev–Trinajstić information content (AvgIpc) is 2.40. The molecule has 0 spiro atoms. The first-order valence-electron chi connectivity index (χ1n) is 5.66. The van der Waals surface area contributed by atoms with Crippen LogP contribution in [0, 0.1) is 3.57 Å². The van der Waals surface area contributed by atoms with Gasteiger partial charge in [0, 0.05) is 9.77 Å². The molecule has 1 aromatic carbocycles. The minimum atomic E-state index is 0.127. The predicted octanol–water partition coefficient (Wildman–Crippen LogP) is 3.00. The number of nitrogens with one attached hydrogen (secondary N) is 1. The number of pyridine rings is 1. The molecule has 94 valence electrons. The molecular formula is C14H15IN2O. The van der Waals surface area contributed by atoms with E-state index in [0.29, 0.717) is 0 Å². The summed E-state index contributed by atoms with van der Waals surface area (Å²) >= 11 is 2.32. The Hall–Kier alpha value is -1.14. The molecule has 2 aromatic rings. The normalized spacial score (nSPS) is 12.2. The molecule has 0 bridgehead atoms. The van der Waals surface area contributed by atoms with Crippen molar-refractivity contribution in [1.29, 1.82) is 0 Å². The Kier molecular flexibility index (Phi) is 4.54. The van der Waals surface area contributed by atoms with Crippen molar-refractivity contribution in [3.05, 3.63) is 57.4 Å². The second-order valence-electron chi connectivity index (χ2n) is 3.93. The van der Waals surface area contributed by atoms with Gasteiger partial charge in [-0.25, -0.2) is 0 Å². The highest BCUT2D eigenvalue weighted by atomic mass is 127. The number of aromatic nitrogens is 1. The van der Waals surface area contributed by atoms with E-state index in [0.717, 1.165) is 11.3 Å². The minimum Gasteiger partial charge on any atom is -0.495 e. The molecule has 4 heteroatoms. The van der Waals surface area contributed by atoms with Gasteiger partial charge in [0.2, 0.25) is 0 Å². The molecular weight excluding hydrogens is 339 g/mol. The maximum Gasteiger partial charge on any atom is 0.137 e. The second kappa shape index (κ2) is 6.15. The van der Waals surface area contributed by atoms with Crippen LogP contribution in [0.15, 0.2) is 42.7 Å². The van der Waals surface area contributed by atoms with Crippen molar-refractivity contribution in [1.82, 2.24) is 10.3 Å². The molecule has 1 aromatic heterocycles. The molecule has 0 aliphatic carbocycles. The Morgan fingerprint density at radius 3 is 2.72 bits per heavy atom. The van der Waals surface area contributed by atoms with Gasteiger partial charge in [-0.3, -0.25) is 4.98 Å². The van der Waals surface area contributed by atoms with Crippen LogP contribution in [0.3, 0.4) is 0 Å². The van der Waals surface area contributed by atoms with Crippen LogP contribution in [0.2, 0.25) is 0 Å². The fourth-order valence-electron chi connectivity index (χ4n) is 1.92. The SMILES string of the molecule is CNC(c1cccc(I)c1)c1cncc(OC)c1. The summed E-state index contributed by atoms with van der Waals surface area (Å²) < 4.78 is 6.44. The van der Waals surface area contributed by atoms with Gasteiger partial charge in [0.1, 0.15) is 5.75 Å². The first-order chi connectivity index (χ1) is 8.74. The fourth-order valence-corrected chi connectivity index (χ4v) is 2.48. The van der Waals surface area contributed by atoms with Gasteiger partial charge in [0.25, 0.3) is 0 Å². The average molecular weight is 354 g/mol. The quantitative estimate of drug-likeness (QED) is 0.858. The lowest BCUT2D eigenvalue weighted by Crippen LogP contribution is -2.18. The lowest BCUT2D eigenvalue weighted by Gasteiger charge is -2.17. The van der Waals surface area contributed by atoms with Gasteiger partial charge in [-0.2, -0.15) is 0 Å². The molecule has 18 heavy (non-hydrogen) atoms. The van der Waals surface area contributed by atoms with E-state index in [1.54, 1.807) is 13.3 Å². The van der Waals surface area contributed by atoms with Crippen LogP contribution in [0.4, 0.5) is 0 Å². The van der Waals surface area contributed by atoms with Crippen molar-refractivity contribution in [2.75, 3.05) is 14.2 Å². The number of nitrogens with zero attached hydrogens (tertiary/aromatic N) is 1. The van der Waals surface area contributed by atoms with Crippen LogP contribution in [0.5, 0.6) is 5.75 Å². The third-order valence-corrected chi connectivity index (χ3v) is 3.45. The lowest BCUT2D eigenvalue weighted by atomic mass is 10.0. The fraction of sp³-hybridized carbons (Fsp3) is 0.214. The molecule has 0 saturated carbocycles. The van der Waals surface area contributed by atoms with E-state index in [9.17, 15) is 0 Å². The summed E-state index contributed by atoms with van der Waals surface area (Å²) in [6.45, 7) is 0. The largest absolute Gasteiger partial charge is 0.495 e. The predicted molar refractivity (Wildman–Crippen MR) is 80.9 cm³/mol. The summed E-state index contributed by atoms with van der Waals surface area (Å²) in [5.41, 5.74) is 2.32. The number of methoxy groups -OCH3 is 1. The third kappa shape index (κ3) is 3.00. The Morgan fingerprint density at radius 1 is 1.22 bits per heavy atom. The summed E-state index contributed by atoms with van der Waals surface area (Å²) in [5, 5.41) is 3.31. The number of hydrogen-bond donors (Lipinski definition) is 1. The van der Waals surface area contributed by atoms with Crippen LogP contribution in [-0.4, -0.2) is 19.1 Å². The van der Waals surface area contributed by atoms with Crippen LogP contribution in [-0.2, 0) is 0 Å². The highest BCUT2D eigenvalue weighted by molar-refractivity contribution is 14.1. The van der Waals surface area contributed by atoms with Gasteiger partial charge in [0.05, 0.1) is 19.3 Å². The molecule has 0 fully saturated rings. The molecule has 0 aliphatic heterocycles. The molecule has 1 atom stereocenters. The van der Waals surface area contributed by atoms with Crippen molar-refractivity contribution in [2.45, 2.75) is 6.04 Å². The molecule has 3 nitrogen and oxygen atoms in total. The van der Waals surface area contributed by atoms with E-state index < -0.39 is 0 Å². The highest BCUT2D eigenvalue weighted by Crippen LogP contribution is 2.24. The number of rotatable bonds is 4. The summed E-state index contributed by atoms with van der Waals surface area (Å²) in [4.78, 5) is 4.21. The van der Waals surface area contributed by atoms with Crippen LogP contribution < -0.4 is 10.1 Å². The maximum atomic E-state index is 5.22. The number of halogens is 1. The summed E-state index contributed by atoms with van der Waals surface area (Å²) in [6.07, 6.45) is 3.58. The van der Waals surface area contributed by atoms with Crippen molar-refractivity contribution in [3.8, 4) is 5.75 Å². The van der Waals surface area contributed by atoms with Crippen molar-refractivity contribution < 1.29 is 4.74 Å². The lowest BCUT2D eigenvalue weighted by molar-refractivity contribution is 0.411. The summed E-state index contributed by atoms with van der Waals surface area (Å²) in [7, 11) is 3.60. The van der Waals surface area contributed by atoms with E-state index >= 15 is 0 Å². The molecule has 2 rings (SSSR count). The Balaban J connectivity index is 2.38. The van der Waals surface area contributed by atoms with Crippen LogP contribution in [0.25, 0.3) is 0 Å².